The van der Waals surface area contributed by atoms with Gasteiger partial charge < -0.3 is 15.8 Å². The molecule has 0 aliphatic heterocycles. The maximum absolute atomic E-state index is 11.7. The van der Waals surface area contributed by atoms with Crippen molar-refractivity contribution in [2.75, 3.05) is 12.4 Å². The average molecular weight is 283 g/mol. The van der Waals surface area contributed by atoms with Crippen LogP contribution in [0.1, 0.15) is 36.0 Å². The molecule has 0 saturated heterocycles. The summed E-state index contributed by atoms with van der Waals surface area (Å²) in [6.07, 6.45) is 4.06. The highest BCUT2D eigenvalue weighted by molar-refractivity contribution is 6.31. The van der Waals surface area contributed by atoms with Gasteiger partial charge in [0.2, 0.25) is 0 Å². The van der Waals surface area contributed by atoms with Crippen molar-refractivity contribution in [3.8, 4) is 0 Å². The molecular weight excluding hydrogens is 264 g/mol. The van der Waals surface area contributed by atoms with Crippen LogP contribution in [0.2, 0.25) is 5.02 Å². The summed E-state index contributed by atoms with van der Waals surface area (Å²) in [6.45, 7) is 0. The lowest BCUT2D eigenvalue weighted by molar-refractivity contribution is 0.0601. The van der Waals surface area contributed by atoms with Gasteiger partial charge in [-0.1, -0.05) is 11.6 Å². The minimum Gasteiger partial charge on any atom is -0.465 e. The van der Waals surface area contributed by atoms with Crippen LogP contribution >= 0.6 is 11.6 Å². The first kappa shape index (κ1) is 14.2. The van der Waals surface area contributed by atoms with E-state index in [1.807, 2.05) is 6.07 Å². The Labute approximate surface area is 118 Å². The summed E-state index contributed by atoms with van der Waals surface area (Å²) in [5.41, 5.74) is 7.14. The van der Waals surface area contributed by atoms with Crippen LogP contribution in [0.5, 0.6) is 0 Å². The van der Waals surface area contributed by atoms with E-state index in [0.29, 0.717) is 22.7 Å². The second-order valence-electron chi connectivity index (χ2n) is 4.94. The van der Waals surface area contributed by atoms with Gasteiger partial charge in [-0.3, -0.25) is 0 Å². The SMILES string of the molecule is COC(=O)c1cc(Cl)ccc1NC1CCC(N)CC1. The summed E-state index contributed by atoms with van der Waals surface area (Å²) < 4.78 is 4.78. The summed E-state index contributed by atoms with van der Waals surface area (Å²) >= 11 is 5.93. The molecule has 0 radical (unpaired) electrons. The minimum atomic E-state index is -0.377. The van der Waals surface area contributed by atoms with Crippen LogP contribution in [0.4, 0.5) is 5.69 Å². The van der Waals surface area contributed by atoms with E-state index in [9.17, 15) is 4.79 Å². The second kappa shape index (κ2) is 6.26. The van der Waals surface area contributed by atoms with Crippen molar-refractivity contribution in [3.05, 3.63) is 28.8 Å². The number of hydrogen-bond donors (Lipinski definition) is 2. The summed E-state index contributed by atoms with van der Waals surface area (Å²) in [4.78, 5) is 11.7. The molecule has 2 rings (SSSR count). The third-order valence-corrected chi connectivity index (χ3v) is 3.75. The molecule has 1 aliphatic rings. The van der Waals surface area contributed by atoms with E-state index in [0.717, 1.165) is 31.4 Å². The molecule has 104 valence electrons. The number of nitrogens with one attached hydrogen (secondary N) is 1. The molecule has 1 saturated carbocycles. The molecule has 1 aliphatic carbocycles. The molecule has 1 aromatic carbocycles. The maximum atomic E-state index is 11.7. The number of carbonyl (C=O) groups excluding carboxylic acids is 1. The lowest BCUT2D eigenvalue weighted by atomic mass is 9.91. The molecule has 1 aromatic rings. The zero-order chi connectivity index (χ0) is 13.8. The van der Waals surface area contributed by atoms with Crippen LogP contribution in [0.15, 0.2) is 18.2 Å². The van der Waals surface area contributed by atoms with Crippen LogP contribution < -0.4 is 11.1 Å². The number of anilines is 1. The van der Waals surface area contributed by atoms with E-state index >= 15 is 0 Å². The summed E-state index contributed by atoms with van der Waals surface area (Å²) in [6, 6.07) is 5.88. The molecule has 19 heavy (non-hydrogen) atoms. The molecular formula is C14H19ClN2O2. The molecule has 0 bridgehead atoms. The smallest absolute Gasteiger partial charge is 0.340 e. The van der Waals surface area contributed by atoms with E-state index in [2.05, 4.69) is 5.32 Å². The summed E-state index contributed by atoms with van der Waals surface area (Å²) in [5.74, 6) is -0.377. The van der Waals surface area contributed by atoms with Gasteiger partial charge in [0, 0.05) is 22.8 Å². The number of benzene rings is 1. The van der Waals surface area contributed by atoms with E-state index in [-0.39, 0.29) is 5.97 Å². The van der Waals surface area contributed by atoms with Gasteiger partial charge in [-0.2, -0.15) is 0 Å². The number of ether oxygens (including phenoxy) is 1. The molecule has 4 nitrogen and oxygen atoms in total. The zero-order valence-electron chi connectivity index (χ0n) is 11.0. The number of methoxy groups -OCH3 is 1. The number of halogens is 1. The highest BCUT2D eigenvalue weighted by Crippen LogP contribution is 2.26. The molecule has 0 aromatic heterocycles. The lowest BCUT2D eigenvalue weighted by Gasteiger charge is -2.28. The van der Waals surface area contributed by atoms with Gasteiger partial charge in [0.25, 0.3) is 0 Å². The van der Waals surface area contributed by atoms with Crippen molar-refractivity contribution in [1.29, 1.82) is 0 Å². The highest BCUT2D eigenvalue weighted by Gasteiger charge is 2.20. The Hall–Kier alpha value is -1.26. The van der Waals surface area contributed by atoms with Crippen LogP contribution in [0.3, 0.4) is 0 Å². The predicted octanol–water partition coefficient (Wildman–Crippen LogP) is 2.81. The fourth-order valence-electron chi connectivity index (χ4n) is 2.40. The lowest BCUT2D eigenvalue weighted by Crippen LogP contribution is -2.33. The van der Waals surface area contributed by atoms with Crippen molar-refractivity contribution >= 4 is 23.3 Å². The van der Waals surface area contributed by atoms with Gasteiger partial charge in [-0.15, -0.1) is 0 Å². The van der Waals surface area contributed by atoms with E-state index < -0.39 is 0 Å². The second-order valence-corrected chi connectivity index (χ2v) is 5.37. The Bertz CT molecular complexity index is 457. The van der Waals surface area contributed by atoms with Crippen molar-refractivity contribution in [2.45, 2.75) is 37.8 Å². The van der Waals surface area contributed by atoms with E-state index in [1.165, 1.54) is 7.11 Å². The number of carbonyl (C=O) groups is 1. The molecule has 0 amide bonds. The van der Waals surface area contributed by atoms with Crippen LogP contribution in [0, 0.1) is 0 Å². The van der Waals surface area contributed by atoms with Gasteiger partial charge in [0.05, 0.1) is 12.7 Å². The third kappa shape index (κ3) is 3.61. The minimum absolute atomic E-state index is 0.309. The fourth-order valence-corrected chi connectivity index (χ4v) is 2.58. The Kier molecular flexibility index (Phi) is 4.66. The Morgan fingerprint density at radius 1 is 1.37 bits per heavy atom. The van der Waals surface area contributed by atoms with Crippen molar-refractivity contribution in [1.82, 2.24) is 0 Å². The first-order chi connectivity index (χ1) is 9.10. The van der Waals surface area contributed by atoms with E-state index in [4.69, 9.17) is 22.1 Å². The molecule has 0 spiro atoms. The maximum Gasteiger partial charge on any atom is 0.340 e. The van der Waals surface area contributed by atoms with Gasteiger partial charge in [0.15, 0.2) is 0 Å². The average Bonchev–Trinajstić information content (AvgIpc) is 2.42. The summed E-state index contributed by atoms with van der Waals surface area (Å²) in [7, 11) is 1.37. The van der Waals surface area contributed by atoms with Crippen molar-refractivity contribution in [2.24, 2.45) is 5.73 Å². The number of nitrogens with two attached hydrogens (primary N) is 1. The molecule has 5 heteroatoms. The fraction of sp³-hybridized carbons (Fsp3) is 0.500. The van der Waals surface area contributed by atoms with Crippen LogP contribution in [0.25, 0.3) is 0 Å². The van der Waals surface area contributed by atoms with Crippen molar-refractivity contribution in [3.63, 3.8) is 0 Å². The molecule has 0 heterocycles. The quantitative estimate of drug-likeness (QED) is 0.837. The number of rotatable bonds is 3. The van der Waals surface area contributed by atoms with E-state index in [1.54, 1.807) is 12.1 Å². The monoisotopic (exact) mass is 282 g/mol. The Morgan fingerprint density at radius 2 is 2.05 bits per heavy atom. The topological polar surface area (TPSA) is 64.3 Å². The Balaban J connectivity index is 2.13. The standard InChI is InChI=1S/C14H19ClN2O2/c1-19-14(18)12-8-9(15)2-7-13(12)17-11-5-3-10(16)4-6-11/h2,7-8,10-11,17H,3-6,16H2,1H3. The molecule has 1 fully saturated rings. The van der Waals surface area contributed by atoms with Gasteiger partial charge in [-0.05, 0) is 43.9 Å². The molecule has 3 N–H and O–H groups in total. The van der Waals surface area contributed by atoms with Gasteiger partial charge in [0.1, 0.15) is 0 Å². The predicted molar refractivity (Wildman–Crippen MR) is 76.6 cm³/mol. The number of hydrogen-bond acceptors (Lipinski definition) is 4. The highest BCUT2D eigenvalue weighted by atomic mass is 35.5. The third-order valence-electron chi connectivity index (χ3n) is 3.52. The van der Waals surface area contributed by atoms with Crippen LogP contribution in [-0.4, -0.2) is 25.2 Å². The number of esters is 1. The normalized spacial score (nSPS) is 22.9. The first-order valence-corrected chi connectivity index (χ1v) is 6.88. The zero-order valence-corrected chi connectivity index (χ0v) is 11.7. The largest absolute Gasteiger partial charge is 0.465 e. The molecule has 0 atom stereocenters. The van der Waals surface area contributed by atoms with Crippen LogP contribution in [-0.2, 0) is 4.74 Å². The van der Waals surface area contributed by atoms with Gasteiger partial charge >= 0.3 is 5.97 Å². The molecule has 0 unspecified atom stereocenters. The van der Waals surface area contributed by atoms with Gasteiger partial charge in [-0.25, -0.2) is 4.79 Å². The Morgan fingerprint density at radius 3 is 2.68 bits per heavy atom. The first-order valence-electron chi connectivity index (χ1n) is 6.50. The summed E-state index contributed by atoms with van der Waals surface area (Å²) in [5, 5.41) is 3.92. The van der Waals surface area contributed by atoms with Crippen molar-refractivity contribution < 1.29 is 9.53 Å².